The van der Waals surface area contributed by atoms with Gasteiger partial charge in [-0.15, -0.1) is 11.3 Å². The Hall–Kier alpha value is -3.44. The minimum atomic E-state index is -0.622. The van der Waals surface area contributed by atoms with Crippen LogP contribution in [0.2, 0.25) is 0 Å². The van der Waals surface area contributed by atoms with E-state index in [9.17, 15) is 9.59 Å². The molecule has 0 saturated carbocycles. The number of nitriles is 1. The van der Waals surface area contributed by atoms with Gasteiger partial charge in [-0.05, 0) is 32.4 Å². The fourth-order valence-electron chi connectivity index (χ4n) is 2.83. The number of allylic oxidation sites excluding steroid dienone is 1. The van der Waals surface area contributed by atoms with Gasteiger partial charge < -0.3 is 10.5 Å². The van der Waals surface area contributed by atoms with E-state index in [1.807, 2.05) is 42.8 Å². The molecule has 0 radical (unpaired) electrons. The molecule has 29 heavy (non-hydrogen) atoms. The van der Waals surface area contributed by atoms with Gasteiger partial charge in [-0.3, -0.25) is 9.48 Å². The zero-order valence-electron chi connectivity index (χ0n) is 16.4. The Labute approximate surface area is 172 Å². The van der Waals surface area contributed by atoms with E-state index in [0.717, 1.165) is 21.5 Å². The summed E-state index contributed by atoms with van der Waals surface area (Å²) in [6.07, 6.45) is 0. The molecule has 0 aliphatic carbocycles. The molecule has 0 aliphatic heterocycles. The molecule has 3 aromatic rings. The van der Waals surface area contributed by atoms with Gasteiger partial charge in [0, 0.05) is 11.1 Å². The van der Waals surface area contributed by atoms with Crippen LogP contribution < -0.4 is 5.73 Å². The van der Waals surface area contributed by atoms with Crippen LogP contribution in [0.25, 0.3) is 10.2 Å². The number of hydrogen-bond donors (Lipinski definition) is 1. The number of ketones is 1. The van der Waals surface area contributed by atoms with Crippen molar-refractivity contribution in [2.75, 3.05) is 6.61 Å². The summed E-state index contributed by atoms with van der Waals surface area (Å²) in [7, 11) is 0. The molecule has 0 spiro atoms. The molecule has 148 valence electrons. The molecule has 0 amide bonds. The number of benzene rings is 1. The summed E-state index contributed by atoms with van der Waals surface area (Å²) < 4.78 is 6.94. The zero-order chi connectivity index (χ0) is 21.1. The van der Waals surface area contributed by atoms with Gasteiger partial charge in [0.2, 0.25) is 5.78 Å². The van der Waals surface area contributed by atoms with E-state index >= 15 is 0 Å². The number of carbonyl (C=O) groups excluding carboxylic acids is 2. The Morgan fingerprint density at radius 3 is 2.59 bits per heavy atom. The Morgan fingerprint density at radius 1 is 1.28 bits per heavy atom. The van der Waals surface area contributed by atoms with Gasteiger partial charge in [0.15, 0.2) is 6.61 Å². The lowest BCUT2D eigenvalue weighted by Crippen LogP contribution is -2.17. The topological polar surface area (TPSA) is 111 Å². The van der Waals surface area contributed by atoms with E-state index < -0.39 is 18.4 Å². The Balaban J connectivity index is 1.78. The van der Waals surface area contributed by atoms with Gasteiger partial charge in [-0.25, -0.2) is 4.79 Å². The molecule has 2 aromatic heterocycles. The summed E-state index contributed by atoms with van der Waals surface area (Å²) >= 11 is 1.26. The smallest absolute Gasteiger partial charge is 0.348 e. The van der Waals surface area contributed by atoms with E-state index in [1.165, 1.54) is 23.8 Å². The molecule has 7 nitrogen and oxygen atoms in total. The quantitative estimate of drug-likeness (QED) is 0.381. The first-order valence-corrected chi connectivity index (χ1v) is 9.71. The second-order valence-corrected chi connectivity index (χ2v) is 7.76. The summed E-state index contributed by atoms with van der Waals surface area (Å²) in [5.74, 6) is -1.24. The lowest BCUT2D eigenvalue weighted by molar-refractivity contribution is -0.118. The predicted octanol–water partition coefficient (Wildman–Crippen LogP) is 3.25. The first kappa shape index (κ1) is 20.3. The second-order valence-electron chi connectivity index (χ2n) is 6.73. The second kappa shape index (κ2) is 8.29. The van der Waals surface area contributed by atoms with Crippen LogP contribution in [0, 0.1) is 25.2 Å². The highest BCUT2D eigenvalue weighted by Crippen LogP contribution is 2.29. The van der Waals surface area contributed by atoms with Crippen molar-refractivity contribution in [2.45, 2.75) is 27.3 Å². The molecule has 0 aliphatic rings. The maximum absolute atomic E-state index is 12.4. The molecule has 2 heterocycles. The third-order valence-electron chi connectivity index (χ3n) is 4.38. The summed E-state index contributed by atoms with van der Waals surface area (Å²) in [4.78, 5) is 25.6. The monoisotopic (exact) mass is 408 g/mol. The number of fused-ring (bicyclic) bond motifs is 1. The molecule has 0 unspecified atom stereocenters. The largest absolute Gasteiger partial charge is 0.453 e. The average Bonchev–Trinajstić information content (AvgIpc) is 3.23. The van der Waals surface area contributed by atoms with Gasteiger partial charge in [-0.2, -0.15) is 10.4 Å². The van der Waals surface area contributed by atoms with Crippen LogP contribution in [0.15, 0.2) is 41.6 Å². The van der Waals surface area contributed by atoms with E-state index in [2.05, 4.69) is 5.10 Å². The summed E-state index contributed by atoms with van der Waals surface area (Å²) in [6, 6.07) is 11.6. The van der Waals surface area contributed by atoms with Crippen LogP contribution in [0.5, 0.6) is 0 Å². The number of hydrogen-bond acceptors (Lipinski definition) is 7. The number of nitrogens with two attached hydrogens (primary N) is 1. The number of esters is 1. The van der Waals surface area contributed by atoms with Crippen molar-refractivity contribution in [3.05, 3.63) is 63.3 Å². The summed E-state index contributed by atoms with van der Waals surface area (Å²) in [5.41, 5.74) is 8.50. The number of ether oxygens (including phenoxy) is 1. The van der Waals surface area contributed by atoms with Crippen LogP contribution in [0.4, 0.5) is 0 Å². The van der Waals surface area contributed by atoms with Crippen LogP contribution in [-0.2, 0) is 16.1 Å². The summed E-state index contributed by atoms with van der Waals surface area (Å²) in [6.45, 7) is 5.43. The summed E-state index contributed by atoms with van der Waals surface area (Å²) in [5, 5.41) is 14.4. The lowest BCUT2D eigenvalue weighted by atomic mass is 10.1. The maximum Gasteiger partial charge on any atom is 0.348 e. The predicted molar refractivity (Wildman–Crippen MR) is 110 cm³/mol. The van der Waals surface area contributed by atoms with Gasteiger partial charge in [0.05, 0.1) is 12.2 Å². The van der Waals surface area contributed by atoms with Crippen LogP contribution >= 0.6 is 11.3 Å². The van der Waals surface area contributed by atoms with Crippen molar-refractivity contribution >= 4 is 33.3 Å². The number of thiophene rings is 1. The van der Waals surface area contributed by atoms with Crippen molar-refractivity contribution in [2.24, 2.45) is 5.73 Å². The number of rotatable bonds is 6. The van der Waals surface area contributed by atoms with Gasteiger partial charge >= 0.3 is 5.97 Å². The molecular weight excluding hydrogens is 388 g/mol. The molecule has 0 bridgehead atoms. The fourth-order valence-corrected chi connectivity index (χ4v) is 3.89. The molecule has 0 saturated heterocycles. The van der Waals surface area contributed by atoms with E-state index in [-0.39, 0.29) is 11.3 Å². The average molecular weight is 408 g/mol. The van der Waals surface area contributed by atoms with E-state index in [4.69, 9.17) is 15.7 Å². The van der Waals surface area contributed by atoms with Crippen LogP contribution in [0.1, 0.15) is 33.4 Å². The number of carbonyl (C=O) groups is 2. The van der Waals surface area contributed by atoms with Crippen LogP contribution in [-0.4, -0.2) is 28.1 Å². The van der Waals surface area contributed by atoms with Gasteiger partial charge in [0.1, 0.15) is 21.3 Å². The zero-order valence-corrected chi connectivity index (χ0v) is 17.2. The first-order chi connectivity index (χ1) is 13.8. The van der Waals surface area contributed by atoms with Crippen molar-refractivity contribution in [3.8, 4) is 6.07 Å². The normalized spacial score (nSPS) is 11.8. The van der Waals surface area contributed by atoms with Crippen molar-refractivity contribution in [3.63, 3.8) is 0 Å². The standard InChI is InChI=1S/C21H20N4O3S/c1-12-4-6-15(7-5-12)10-25-20-16(14(3)24-25)8-19(29-20)21(27)28-11-18(26)17(9-22)13(2)23/h4-8H,10-11,23H2,1-3H3/b17-13-. The number of Topliss-reactive ketones (excluding diaryl/α,β-unsaturated/α-hetero) is 1. The highest BCUT2D eigenvalue weighted by molar-refractivity contribution is 7.20. The highest BCUT2D eigenvalue weighted by atomic mass is 32.1. The fraction of sp³-hybridized carbons (Fsp3) is 0.238. The molecule has 1 aromatic carbocycles. The first-order valence-electron chi connectivity index (χ1n) is 8.89. The third-order valence-corrected chi connectivity index (χ3v) is 5.51. The van der Waals surface area contributed by atoms with Gasteiger partial charge in [0.25, 0.3) is 0 Å². The SMILES string of the molecule is C/C(N)=C(\C#N)C(=O)COC(=O)c1cc2c(C)nn(Cc3ccc(C)cc3)c2s1. The Kier molecular flexibility index (Phi) is 5.80. The molecular formula is C21H20N4O3S. The Morgan fingerprint density at radius 2 is 1.97 bits per heavy atom. The number of nitrogens with zero attached hydrogens (tertiary/aromatic N) is 3. The number of aryl methyl sites for hydroxylation is 2. The minimum absolute atomic E-state index is 0.0993. The van der Waals surface area contributed by atoms with Gasteiger partial charge in [-0.1, -0.05) is 29.8 Å². The van der Waals surface area contributed by atoms with Crippen molar-refractivity contribution < 1.29 is 14.3 Å². The number of aromatic nitrogens is 2. The maximum atomic E-state index is 12.4. The van der Waals surface area contributed by atoms with Crippen LogP contribution in [0.3, 0.4) is 0 Å². The highest BCUT2D eigenvalue weighted by Gasteiger charge is 2.20. The molecule has 3 rings (SSSR count). The van der Waals surface area contributed by atoms with E-state index in [1.54, 1.807) is 12.1 Å². The molecule has 2 N–H and O–H groups in total. The molecule has 8 heteroatoms. The minimum Gasteiger partial charge on any atom is -0.453 e. The third kappa shape index (κ3) is 4.36. The molecule has 0 fully saturated rings. The lowest BCUT2D eigenvalue weighted by Gasteiger charge is -2.04. The van der Waals surface area contributed by atoms with Crippen molar-refractivity contribution in [1.29, 1.82) is 5.26 Å². The van der Waals surface area contributed by atoms with Crippen molar-refractivity contribution in [1.82, 2.24) is 9.78 Å². The van der Waals surface area contributed by atoms with E-state index in [0.29, 0.717) is 11.4 Å². The molecule has 0 atom stereocenters. The Bertz CT molecular complexity index is 1160.